The molecule has 0 heterocycles. The lowest BCUT2D eigenvalue weighted by Gasteiger charge is -2.20. The van der Waals surface area contributed by atoms with Crippen LogP contribution in [0.3, 0.4) is 0 Å². The van der Waals surface area contributed by atoms with Crippen molar-refractivity contribution in [3.8, 4) is 11.1 Å². The van der Waals surface area contributed by atoms with Crippen LogP contribution in [-0.4, -0.2) is 0 Å². The highest BCUT2D eigenvalue weighted by Gasteiger charge is 2.15. The molecule has 3 rings (SSSR count). The molecule has 0 heteroatoms. The minimum atomic E-state index is 0.473. The van der Waals surface area contributed by atoms with Crippen molar-refractivity contribution in [2.24, 2.45) is 5.92 Å². The Bertz CT molecular complexity index is 709. The summed E-state index contributed by atoms with van der Waals surface area (Å²) in [5.74, 6) is 1.15. The molecule has 0 saturated carbocycles. The van der Waals surface area contributed by atoms with E-state index < -0.39 is 0 Å². The summed E-state index contributed by atoms with van der Waals surface area (Å²) in [7, 11) is 0. The van der Waals surface area contributed by atoms with Gasteiger partial charge < -0.3 is 0 Å². The summed E-state index contributed by atoms with van der Waals surface area (Å²) in [6.45, 7) is 4.60. The van der Waals surface area contributed by atoms with Crippen LogP contribution in [0.25, 0.3) is 11.1 Å². The van der Waals surface area contributed by atoms with Gasteiger partial charge >= 0.3 is 0 Å². The van der Waals surface area contributed by atoms with Gasteiger partial charge in [0.15, 0.2) is 0 Å². The van der Waals surface area contributed by atoms with Gasteiger partial charge in [0.1, 0.15) is 0 Å². The van der Waals surface area contributed by atoms with Crippen molar-refractivity contribution < 1.29 is 0 Å². The Balaban J connectivity index is 1.91. The minimum Gasteiger partial charge on any atom is -0.0627 e. The Labute approximate surface area is 139 Å². The largest absolute Gasteiger partial charge is 0.0627 e. The highest BCUT2D eigenvalue weighted by Crippen LogP contribution is 2.32. The zero-order chi connectivity index (χ0) is 16.1. The van der Waals surface area contributed by atoms with Gasteiger partial charge in [-0.3, -0.25) is 0 Å². The van der Waals surface area contributed by atoms with Gasteiger partial charge in [-0.1, -0.05) is 98.8 Å². The van der Waals surface area contributed by atoms with Crippen LogP contribution < -0.4 is 0 Å². The Morgan fingerprint density at radius 1 is 0.565 bits per heavy atom. The van der Waals surface area contributed by atoms with E-state index in [4.69, 9.17) is 0 Å². The molecule has 23 heavy (non-hydrogen) atoms. The zero-order valence-corrected chi connectivity index (χ0v) is 13.9. The fourth-order valence-electron chi connectivity index (χ4n) is 3.16. The first kappa shape index (κ1) is 15.6. The second-order valence-corrected chi connectivity index (χ2v) is 6.58. The maximum Gasteiger partial charge on any atom is 0.00917 e. The predicted octanol–water partition coefficient (Wildman–Crippen LogP) is 6.53. The standard InChI is InChI=1S/C23H24/c1-18(2)17-23(21-11-7-4-8-12-21)22-15-13-20(14-16-22)19-9-5-3-6-10-19/h3-16,18,23H,17H2,1-2H3. The fraction of sp³-hybridized carbons (Fsp3) is 0.217. The van der Waals surface area contributed by atoms with Gasteiger partial charge in [0.05, 0.1) is 0 Å². The van der Waals surface area contributed by atoms with Gasteiger partial charge in [0, 0.05) is 5.92 Å². The van der Waals surface area contributed by atoms with Gasteiger partial charge in [-0.15, -0.1) is 0 Å². The molecular weight excluding hydrogens is 276 g/mol. The Hall–Kier alpha value is -2.34. The van der Waals surface area contributed by atoms with E-state index in [0.29, 0.717) is 11.8 Å². The highest BCUT2D eigenvalue weighted by molar-refractivity contribution is 5.63. The Morgan fingerprint density at radius 2 is 1.04 bits per heavy atom. The smallest absolute Gasteiger partial charge is 0.00917 e. The summed E-state index contributed by atoms with van der Waals surface area (Å²) < 4.78 is 0. The fourth-order valence-corrected chi connectivity index (χ4v) is 3.16. The maximum absolute atomic E-state index is 2.30. The summed E-state index contributed by atoms with van der Waals surface area (Å²) in [6, 6.07) is 30.5. The maximum atomic E-state index is 2.30. The topological polar surface area (TPSA) is 0 Å². The molecule has 1 atom stereocenters. The zero-order valence-electron chi connectivity index (χ0n) is 13.9. The van der Waals surface area contributed by atoms with Crippen LogP contribution in [-0.2, 0) is 0 Å². The molecule has 0 aliphatic rings. The summed E-state index contributed by atoms with van der Waals surface area (Å²) >= 11 is 0. The molecule has 0 aliphatic heterocycles. The summed E-state index contributed by atoms with van der Waals surface area (Å²) in [4.78, 5) is 0. The molecule has 3 aromatic rings. The third-order valence-corrected chi connectivity index (χ3v) is 4.33. The Morgan fingerprint density at radius 3 is 1.61 bits per heavy atom. The van der Waals surface area contributed by atoms with Crippen LogP contribution in [0.2, 0.25) is 0 Å². The average Bonchev–Trinajstić information content (AvgIpc) is 2.61. The van der Waals surface area contributed by atoms with E-state index in [2.05, 4.69) is 98.8 Å². The van der Waals surface area contributed by atoms with E-state index in [-0.39, 0.29) is 0 Å². The molecule has 0 nitrogen and oxygen atoms in total. The minimum absolute atomic E-state index is 0.473. The normalized spacial score (nSPS) is 12.3. The van der Waals surface area contributed by atoms with Crippen molar-refractivity contribution in [2.75, 3.05) is 0 Å². The molecule has 0 spiro atoms. The lowest BCUT2D eigenvalue weighted by Crippen LogP contribution is -2.05. The molecule has 0 bridgehead atoms. The van der Waals surface area contributed by atoms with Crippen LogP contribution >= 0.6 is 0 Å². The summed E-state index contributed by atoms with van der Waals surface area (Å²) in [5, 5.41) is 0. The van der Waals surface area contributed by atoms with Gasteiger partial charge in [-0.05, 0) is 34.6 Å². The van der Waals surface area contributed by atoms with Crippen LogP contribution in [0.1, 0.15) is 37.3 Å². The first-order valence-electron chi connectivity index (χ1n) is 8.44. The second kappa shape index (κ2) is 7.28. The third kappa shape index (κ3) is 3.90. The molecule has 0 aliphatic carbocycles. The molecule has 3 aromatic carbocycles. The van der Waals surface area contributed by atoms with Crippen LogP contribution in [0.15, 0.2) is 84.9 Å². The summed E-state index contributed by atoms with van der Waals surface area (Å²) in [6.07, 6.45) is 1.18. The number of rotatable bonds is 5. The lowest BCUT2D eigenvalue weighted by molar-refractivity contribution is 0.541. The van der Waals surface area contributed by atoms with Crippen molar-refractivity contribution in [1.29, 1.82) is 0 Å². The highest BCUT2D eigenvalue weighted by atomic mass is 14.2. The van der Waals surface area contributed by atoms with Gasteiger partial charge in [0.2, 0.25) is 0 Å². The number of hydrogen-bond donors (Lipinski definition) is 0. The van der Waals surface area contributed by atoms with Crippen molar-refractivity contribution in [3.05, 3.63) is 96.1 Å². The van der Waals surface area contributed by atoms with E-state index >= 15 is 0 Å². The van der Waals surface area contributed by atoms with Crippen molar-refractivity contribution in [3.63, 3.8) is 0 Å². The van der Waals surface area contributed by atoms with Gasteiger partial charge in [-0.2, -0.15) is 0 Å². The first-order valence-corrected chi connectivity index (χ1v) is 8.44. The summed E-state index contributed by atoms with van der Waals surface area (Å²) in [5.41, 5.74) is 5.38. The van der Waals surface area contributed by atoms with Crippen molar-refractivity contribution in [2.45, 2.75) is 26.2 Å². The van der Waals surface area contributed by atoms with E-state index in [1.54, 1.807) is 0 Å². The molecule has 0 fully saturated rings. The number of hydrogen-bond acceptors (Lipinski definition) is 0. The molecule has 0 aromatic heterocycles. The lowest BCUT2D eigenvalue weighted by atomic mass is 9.84. The van der Waals surface area contributed by atoms with E-state index in [1.807, 2.05) is 0 Å². The van der Waals surface area contributed by atoms with E-state index in [0.717, 1.165) is 0 Å². The molecule has 0 saturated heterocycles. The predicted molar refractivity (Wildman–Crippen MR) is 99.6 cm³/mol. The molecule has 1 unspecified atom stereocenters. The van der Waals surface area contributed by atoms with E-state index in [9.17, 15) is 0 Å². The van der Waals surface area contributed by atoms with Crippen LogP contribution in [0, 0.1) is 5.92 Å². The molecular formula is C23H24. The molecule has 0 radical (unpaired) electrons. The van der Waals surface area contributed by atoms with Crippen molar-refractivity contribution in [1.82, 2.24) is 0 Å². The quantitative estimate of drug-likeness (QED) is 0.502. The Kier molecular flexibility index (Phi) is 4.92. The second-order valence-electron chi connectivity index (χ2n) is 6.58. The van der Waals surface area contributed by atoms with Crippen LogP contribution in [0.5, 0.6) is 0 Å². The van der Waals surface area contributed by atoms with Gasteiger partial charge in [-0.25, -0.2) is 0 Å². The first-order chi connectivity index (χ1) is 11.2. The molecule has 0 amide bonds. The average molecular weight is 300 g/mol. The van der Waals surface area contributed by atoms with Crippen LogP contribution in [0.4, 0.5) is 0 Å². The third-order valence-electron chi connectivity index (χ3n) is 4.33. The van der Waals surface area contributed by atoms with Gasteiger partial charge in [0.25, 0.3) is 0 Å². The van der Waals surface area contributed by atoms with Crippen molar-refractivity contribution >= 4 is 0 Å². The molecule has 0 N–H and O–H groups in total. The molecule has 116 valence electrons. The monoisotopic (exact) mass is 300 g/mol. The SMILES string of the molecule is CC(C)CC(c1ccccc1)c1ccc(-c2ccccc2)cc1. The van der Waals surface area contributed by atoms with E-state index in [1.165, 1.54) is 28.7 Å². The number of benzene rings is 3.